The van der Waals surface area contributed by atoms with Gasteiger partial charge in [-0.3, -0.25) is 4.98 Å². The van der Waals surface area contributed by atoms with Crippen LogP contribution in [-0.2, 0) is 0 Å². The molecule has 0 amide bonds. The molecule has 24 heavy (non-hydrogen) atoms. The molecule has 0 radical (unpaired) electrons. The normalized spacial score (nSPS) is 14.5. The molecular formula is C19H25N3O2. The van der Waals surface area contributed by atoms with Gasteiger partial charge < -0.3 is 19.7 Å². The maximum atomic E-state index is 5.96. The van der Waals surface area contributed by atoms with Crippen LogP contribution >= 0.6 is 0 Å². The van der Waals surface area contributed by atoms with Gasteiger partial charge in [-0.05, 0) is 56.6 Å². The maximum Gasteiger partial charge on any atom is 0.163 e. The van der Waals surface area contributed by atoms with Crippen molar-refractivity contribution in [2.24, 2.45) is 0 Å². The fourth-order valence-corrected chi connectivity index (χ4v) is 2.95. The molecule has 128 valence electrons. The third-order valence-electron chi connectivity index (χ3n) is 4.19. The predicted octanol–water partition coefficient (Wildman–Crippen LogP) is 3.70. The molecule has 0 saturated carbocycles. The second kappa shape index (κ2) is 8.55. The van der Waals surface area contributed by atoms with Crippen LogP contribution in [0.15, 0.2) is 42.7 Å². The van der Waals surface area contributed by atoms with Crippen LogP contribution < -0.4 is 14.8 Å². The maximum absolute atomic E-state index is 5.96. The van der Waals surface area contributed by atoms with Crippen molar-refractivity contribution >= 4 is 11.4 Å². The Labute approximate surface area is 143 Å². The first-order valence-electron chi connectivity index (χ1n) is 8.55. The van der Waals surface area contributed by atoms with E-state index < -0.39 is 0 Å². The van der Waals surface area contributed by atoms with Crippen molar-refractivity contribution < 1.29 is 9.47 Å². The summed E-state index contributed by atoms with van der Waals surface area (Å²) < 4.78 is 11.4. The largest absolute Gasteiger partial charge is 0.493 e. The van der Waals surface area contributed by atoms with E-state index >= 15 is 0 Å². The Kier molecular flexibility index (Phi) is 5.90. The van der Waals surface area contributed by atoms with Gasteiger partial charge in [0.15, 0.2) is 11.5 Å². The van der Waals surface area contributed by atoms with Gasteiger partial charge in [-0.15, -0.1) is 0 Å². The number of anilines is 2. The number of aromatic nitrogens is 1. The number of nitrogens with one attached hydrogen (secondary N) is 1. The lowest BCUT2D eigenvalue weighted by Crippen LogP contribution is -2.21. The van der Waals surface area contributed by atoms with E-state index in [4.69, 9.17) is 9.47 Å². The second-order valence-corrected chi connectivity index (χ2v) is 5.98. The van der Waals surface area contributed by atoms with Crippen LogP contribution in [0.25, 0.3) is 0 Å². The molecule has 5 nitrogen and oxygen atoms in total. The second-order valence-electron chi connectivity index (χ2n) is 5.98. The van der Waals surface area contributed by atoms with Crippen LogP contribution in [0.5, 0.6) is 11.5 Å². The monoisotopic (exact) mass is 327 g/mol. The van der Waals surface area contributed by atoms with Crippen molar-refractivity contribution in [2.75, 3.05) is 38.7 Å². The Hall–Kier alpha value is -2.27. The van der Waals surface area contributed by atoms with Crippen molar-refractivity contribution in [3.63, 3.8) is 0 Å². The Morgan fingerprint density at radius 1 is 1.12 bits per heavy atom. The Morgan fingerprint density at radius 3 is 2.75 bits per heavy atom. The highest BCUT2D eigenvalue weighted by molar-refractivity contribution is 5.62. The quantitative estimate of drug-likeness (QED) is 0.749. The lowest BCUT2D eigenvalue weighted by molar-refractivity contribution is 0.254. The predicted molar refractivity (Wildman–Crippen MR) is 96.3 cm³/mol. The number of nitrogens with zero attached hydrogens (tertiary/aromatic N) is 2. The first kappa shape index (κ1) is 16.6. The Morgan fingerprint density at radius 2 is 2.00 bits per heavy atom. The summed E-state index contributed by atoms with van der Waals surface area (Å²) in [6.07, 6.45) is 7.24. The van der Waals surface area contributed by atoms with Gasteiger partial charge in [-0.1, -0.05) is 0 Å². The summed E-state index contributed by atoms with van der Waals surface area (Å²) in [6, 6.07) is 9.76. The van der Waals surface area contributed by atoms with Gasteiger partial charge in [0.1, 0.15) is 0 Å². The van der Waals surface area contributed by atoms with E-state index in [2.05, 4.69) is 15.2 Å². The van der Waals surface area contributed by atoms with Gasteiger partial charge in [-0.25, -0.2) is 0 Å². The third-order valence-corrected chi connectivity index (χ3v) is 4.19. The molecule has 0 unspecified atom stereocenters. The number of pyridine rings is 1. The molecule has 2 aromatic rings. The fourth-order valence-electron chi connectivity index (χ4n) is 2.95. The highest BCUT2D eigenvalue weighted by Crippen LogP contribution is 2.31. The average molecular weight is 327 g/mol. The molecule has 1 aliphatic rings. The number of likely N-dealkylation sites (tertiary alicyclic amines) is 1. The molecule has 1 aliphatic heterocycles. The highest BCUT2D eigenvalue weighted by atomic mass is 16.5. The molecule has 1 aromatic heterocycles. The number of methoxy groups -OCH3 is 1. The number of rotatable bonds is 8. The average Bonchev–Trinajstić information content (AvgIpc) is 3.13. The molecule has 1 fully saturated rings. The third kappa shape index (κ3) is 4.61. The van der Waals surface area contributed by atoms with Crippen LogP contribution in [-0.4, -0.2) is 43.2 Å². The molecular weight excluding hydrogens is 302 g/mol. The highest BCUT2D eigenvalue weighted by Gasteiger charge is 2.11. The van der Waals surface area contributed by atoms with Gasteiger partial charge >= 0.3 is 0 Å². The Bertz CT molecular complexity index is 628. The van der Waals surface area contributed by atoms with Gasteiger partial charge in [0, 0.05) is 24.5 Å². The molecule has 1 aromatic carbocycles. The molecule has 1 N–H and O–H groups in total. The number of hydrogen-bond donors (Lipinski definition) is 1. The summed E-state index contributed by atoms with van der Waals surface area (Å²) >= 11 is 0. The molecule has 1 saturated heterocycles. The van der Waals surface area contributed by atoms with E-state index in [1.807, 2.05) is 30.3 Å². The minimum atomic E-state index is 0.698. The topological polar surface area (TPSA) is 46.6 Å². The first-order chi connectivity index (χ1) is 11.8. The minimum Gasteiger partial charge on any atom is -0.493 e. The van der Waals surface area contributed by atoms with E-state index in [0.717, 1.165) is 35.8 Å². The van der Waals surface area contributed by atoms with Crippen LogP contribution in [0.4, 0.5) is 11.4 Å². The van der Waals surface area contributed by atoms with Gasteiger partial charge in [0.05, 0.1) is 25.6 Å². The van der Waals surface area contributed by atoms with Crippen molar-refractivity contribution in [2.45, 2.75) is 19.3 Å². The van der Waals surface area contributed by atoms with Crippen molar-refractivity contribution in [1.29, 1.82) is 0 Å². The van der Waals surface area contributed by atoms with Crippen LogP contribution in [0.2, 0.25) is 0 Å². The van der Waals surface area contributed by atoms with E-state index in [1.54, 1.807) is 19.5 Å². The zero-order valence-electron chi connectivity index (χ0n) is 14.2. The molecule has 0 aliphatic carbocycles. The summed E-state index contributed by atoms with van der Waals surface area (Å²) in [6.45, 7) is 4.26. The van der Waals surface area contributed by atoms with E-state index in [9.17, 15) is 0 Å². The molecule has 5 heteroatoms. The van der Waals surface area contributed by atoms with Gasteiger partial charge in [0.2, 0.25) is 0 Å². The zero-order chi connectivity index (χ0) is 16.6. The van der Waals surface area contributed by atoms with Crippen LogP contribution in [0.1, 0.15) is 19.3 Å². The van der Waals surface area contributed by atoms with Crippen LogP contribution in [0, 0.1) is 0 Å². The van der Waals surface area contributed by atoms with Crippen molar-refractivity contribution in [3.8, 4) is 11.5 Å². The van der Waals surface area contributed by atoms with Gasteiger partial charge in [0.25, 0.3) is 0 Å². The van der Waals surface area contributed by atoms with Crippen molar-refractivity contribution in [3.05, 3.63) is 42.7 Å². The smallest absolute Gasteiger partial charge is 0.163 e. The zero-order valence-corrected chi connectivity index (χ0v) is 14.2. The summed E-state index contributed by atoms with van der Waals surface area (Å²) in [4.78, 5) is 6.61. The summed E-state index contributed by atoms with van der Waals surface area (Å²) in [5.74, 6) is 1.53. The number of hydrogen-bond acceptors (Lipinski definition) is 5. The molecule has 3 rings (SSSR count). The summed E-state index contributed by atoms with van der Waals surface area (Å²) in [5.41, 5.74) is 1.90. The summed E-state index contributed by atoms with van der Waals surface area (Å²) in [5, 5.41) is 3.32. The molecule has 0 spiro atoms. The first-order valence-corrected chi connectivity index (χ1v) is 8.55. The van der Waals surface area contributed by atoms with E-state index in [-0.39, 0.29) is 0 Å². The lowest BCUT2D eigenvalue weighted by Gasteiger charge is -2.16. The Balaban J connectivity index is 1.57. The van der Waals surface area contributed by atoms with Crippen molar-refractivity contribution in [1.82, 2.24) is 9.88 Å². The van der Waals surface area contributed by atoms with Crippen LogP contribution in [0.3, 0.4) is 0 Å². The standard InChI is InChI=1S/C19H25N3O2/c1-23-18-8-7-16(21-17-6-4-9-20-15-17)14-19(18)24-13-5-12-22-10-2-3-11-22/h4,6-9,14-15,21H,2-3,5,10-13H2,1H3. The molecule has 0 atom stereocenters. The molecule has 2 heterocycles. The molecule has 0 bridgehead atoms. The number of benzene rings is 1. The van der Waals surface area contributed by atoms with E-state index in [1.165, 1.54) is 25.9 Å². The number of ether oxygens (including phenoxy) is 2. The van der Waals surface area contributed by atoms with Gasteiger partial charge in [-0.2, -0.15) is 0 Å². The lowest BCUT2D eigenvalue weighted by atomic mass is 10.2. The summed E-state index contributed by atoms with van der Waals surface area (Å²) in [7, 11) is 1.67. The SMILES string of the molecule is COc1ccc(Nc2cccnc2)cc1OCCCN1CCCC1. The van der Waals surface area contributed by atoms with E-state index in [0.29, 0.717) is 6.61 Å². The minimum absolute atomic E-state index is 0.698. The fraction of sp³-hybridized carbons (Fsp3) is 0.421.